The van der Waals surface area contributed by atoms with Crippen molar-refractivity contribution in [2.75, 3.05) is 9.80 Å². The standard InChI is InChI=1S/C61H73BN2S/c1-37-30-49-52-50(31-37)64(47-25-24-41(32-38(47)2)56(3,4)5)48-35-45-44(58(9,10)26-27-59(45,11)12)34-46(48)62(52)55-53(51-54(65-55)61(15,16)29-28-60(51,13)14)63(49)36-40-22-23-42(57(6,7)8)33-43(40)39-20-18-17-19-21-39/h17-25,30-35H,26-29,36H2,1-16H3. The summed E-state index contributed by atoms with van der Waals surface area (Å²) >= 11 is 2.16. The van der Waals surface area contributed by atoms with E-state index in [0.29, 0.717) is 0 Å². The highest BCUT2D eigenvalue weighted by Gasteiger charge is 2.51. The lowest BCUT2D eigenvalue weighted by Gasteiger charge is -2.48. The molecular formula is C61H73BN2S. The second kappa shape index (κ2) is 14.5. The van der Waals surface area contributed by atoms with Gasteiger partial charge in [-0.25, -0.2) is 0 Å². The number of hydrogen-bond donors (Lipinski definition) is 0. The van der Waals surface area contributed by atoms with Crippen molar-refractivity contribution >= 4 is 62.2 Å². The molecule has 4 aliphatic rings. The monoisotopic (exact) mass is 877 g/mol. The van der Waals surface area contributed by atoms with E-state index < -0.39 is 0 Å². The number of nitrogens with zero attached hydrogens (tertiary/aromatic N) is 2. The number of rotatable bonds is 4. The summed E-state index contributed by atoms with van der Waals surface area (Å²) in [7, 11) is 0. The van der Waals surface area contributed by atoms with E-state index in [1.54, 1.807) is 16.0 Å². The first kappa shape index (κ1) is 44.3. The molecule has 2 aliphatic carbocycles. The molecule has 0 N–H and O–H groups in total. The maximum absolute atomic E-state index is 2.82. The number of anilines is 5. The average Bonchev–Trinajstić information content (AvgIpc) is 3.65. The number of benzene rings is 5. The molecule has 6 aromatic rings. The van der Waals surface area contributed by atoms with Crippen LogP contribution in [0, 0.1) is 13.8 Å². The lowest BCUT2D eigenvalue weighted by atomic mass is 9.35. The van der Waals surface area contributed by atoms with Crippen LogP contribution in [0.3, 0.4) is 0 Å². The zero-order valence-corrected chi connectivity index (χ0v) is 43.4. The van der Waals surface area contributed by atoms with Crippen LogP contribution in [0.25, 0.3) is 11.1 Å². The van der Waals surface area contributed by atoms with Crippen molar-refractivity contribution in [1.29, 1.82) is 0 Å². The summed E-state index contributed by atoms with van der Waals surface area (Å²) in [6, 6.07) is 36.3. The van der Waals surface area contributed by atoms with Crippen molar-refractivity contribution in [3.63, 3.8) is 0 Å². The molecule has 336 valence electrons. The number of fused-ring (bicyclic) bond motifs is 7. The number of thiophene rings is 1. The van der Waals surface area contributed by atoms with Crippen LogP contribution in [0.15, 0.2) is 91.0 Å². The fraction of sp³-hybridized carbons (Fsp3) is 0.443. The summed E-state index contributed by atoms with van der Waals surface area (Å²) in [4.78, 5) is 7.12. The van der Waals surface area contributed by atoms with Crippen LogP contribution >= 0.6 is 11.3 Å². The van der Waals surface area contributed by atoms with E-state index in [4.69, 9.17) is 0 Å². The molecule has 10 rings (SSSR count). The van der Waals surface area contributed by atoms with Crippen LogP contribution in [0.4, 0.5) is 28.4 Å². The molecule has 0 saturated heterocycles. The summed E-state index contributed by atoms with van der Waals surface area (Å²) in [6.45, 7) is 39.8. The molecule has 0 saturated carbocycles. The van der Waals surface area contributed by atoms with Crippen LogP contribution in [0.2, 0.25) is 0 Å². The zero-order valence-electron chi connectivity index (χ0n) is 42.6. The molecule has 0 radical (unpaired) electrons. The van der Waals surface area contributed by atoms with Gasteiger partial charge in [-0.1, -0.05) is 164 Å². The van der Waals surface area contributed by atoms with Gasteiger partial charge in [0, 0.05) is 38.9 Å². The molecule has 65 heavy (non-hydrogen) atoms. The third-order valence-electron chi connectivity index (χ3n) is 16.5. The van der Waals surface area contributed by atoms with Crippen molar-refractivity contribution in [3.8, 4) is 11.1 Å². The Morgan fingerprint density at radius 3 is 1.82 bits per heavy atom. The van der Waals surface area contributed by atoms with Gasteiger partial charge in [-0.3, -0.25) is 0 Å². The summed E-state index contributed by atoms with van der Waals surface area (Å²) in [5, 5.41) is 0. The molecule has 4 heteroatoms. The Hall–Kier alpha value is -4.54. The highest BCUT2D eigenvalue weighted by atomic mass is 32.1. The fourth-order valence-electron chi connectivity index (χ4n) is 12.1. The van der Waals surface area contributed by atoms with Crippen molar-refractivity contribution in [2.45, 2.75) is 175 Å². The molecule has 1 aromatic heterocycles. The third kappa shape index (κ3) is 7.00. The quantitative estimate of drug-likeness (QED) is 0.163. The number of hydrogen-bond acceptors (Lipinski definition) is 3. The highest BCUT2D eigenvalue weighted by molar-refractivity contribution is 7.29. The Morgan fingerprint density at radius 2 is 1.17 bits per heavy atom. The molecule has 5 aromatic carbocycles. The SMILES string of the molecule is Cc1cc2c3c(c1)N(c1ccc(C(C)(C)C)cc1C)c1cc4c(cc1B3c1sc3c(c1N2Cc1ccc(C(C)(C)C)cc1-c1ccccc1)C(C)(C)CCC3(C)C)C(C)(C)CCC4(C)C. The second-order valence-corrected chi connectivity index (χ2v) is 26.4. The van der Waals surface area contributed by atoms with Crippen molar-refractivity contribution in [1.82, 2.24) is 0 Å². The average molecular weight is 877 g/mol. The molecule has 2 aliphatic heterocycles. The Labute approximate surface area is 397 Å². The molecule has 0 fully saturated rings. The first-order valence-electron chi connectivity index (χ1n) is 24.7. The van der Waals surface area contributed by atoms with E-state index in [2.05, 4.69) is 223 Å². The topological polar surface area (TPSA) is 6.48 Å². The smallest absolute Gasteiger partial charge is 0.264 e. The van der Waals surface area contributed by atoms with Crippen molar-refractivity contribution < 1.29 is 0 Å². The maximum Gasteiger partial charge on any atom is 0.264 e. The second-order valence-electron chi connectivity index (χ2n) is 25.3. The summed E-state index contributed by atoms with van der Waals surface area (Å²) in [5.74, 6) is 0. The lowest BCUT2D eigenvalue weighted by molar-refractivity contribution is 0.332. The van der Waals surface area contributed by atoms with E-state index >= 15 is 0 Å². The van der Waals surface area contributed by atoms with Gasteiger partial charge in [0.2, 0.25) is 0 Å². The molecule has 3 heterocycles. The largest absolute Gasteiger partial charge is 0.337 e. The van der Waals surface area contributed by atoms with Gasteiger partial charge in [0.25, 0.3) is 6.71 Å². The Bertz CT molecular complexity index is 2910. The van der Waals surface area contributed by atoms with E-state index in [1.165, 1.54) is 114 Å². The third-order valence-corrected chi connectivity index (χ3v) is 18.1. The molecule has 0 amide bonds. The van der Waals surface area contributed by atoms with Gasteiger partial charge in [-0.05, 0) is 163 Å². The predicted molar refractivity (Wildman–Crippen MR) is 285 cm³/mol. The summed E-state index contributed by atoms with van der Waals surface area (Å²) < 4.78 is 1.54. The van der Waals surface area contributed by atoms with Gasteiger partial charge < -0.3 is 9.80 Å². The van der Waals surface area contributed by atoms with Gasteiger partial charge in [-0.15, -0.1) is 0 Å². The van der Waals surface area contributed by atoms with E-state index in [9.17, 15) is 0 Å². The molecule has 0 spiro atoms. The highest BCUT2D eigenvalue weighted by Crippen LogP contribution is 2.56. The fourth-order valence-corrected chi connectivity index (χ4v) is 13.8. The van der Waals surface area contributed by atoms with Crippen LogP contribution in [0.1, 0.15) is 172 Å². The zero-order chi connectivity index (χ0) is 46.6. The maximum atomic E-state index is 2.82. The normalized spacial score (nSPS) is 18.7. The first-order chi connectivity index (χ1) is 30.3. The van der Waals surface area contributed by atoms with E-state index in [1.807, 2.05) is 0 Å². The molecule has 0 unspecified atom stereocenters. The van der Waals surface area contributed by atoms with Gasteiger partial charge in [0.1, 0.15) is 0 Å². The lowest BCUT2D eigenvalue weighted by Crippen LogP contribution is -2.61. The number of aryl methyl sites for hydroxylation is 2. The van der Waals surface area contributed by atoms with E-state index in [-0.39, 0.29) is 39.2 Å². The summed E-state index contributed by atoms with van der Waals surface area (Å²) in [6.07, 6.45) is 4.77. The first-order valence-corrected chi connectivity index (χ1v) is 25.5. The molecular weight excluding hydrogens is 804 g/mol. The minimum absolute atomic E-state index is 0.0347. The predicted octanol–water partition coefficient (Wildman–Crippen LogP) is 15.3. The van der Waals surface area contributed by atoms with Gasteiger partial charge >= 0.3 is 0 Å². The van der Waals surface area contributed by atoms with Gasteiger partial charge in [-0.2, -0.15) is 11.3 Å². The van der Waals surface area contributed by atoms with Crippen LogP contribution in [-0.4, -0.2) is 6.71 Å². The van der Waals surface area contributed by atoms with Crippen LogP contribution in [0.5, 0.6) is 0 Å². The summed E-state index contributed by atoms with van der Waals surface area (Å²) in [5.41, 5.74) is 24.2. The molecule has 2 nitrogen and oxygen atoms in total. The Kier molecular flexibility index (Phi) is 9.87. The molecule has 0 atom stereocenters. The minimum atomic E-state index is 0.0347. The van der Waals surface area contributed by atoms with Crippen LogP contribution in [-0.2, 0) is 39.0 Å². The Morgan fingerprint density at radius 1 is 0.585 bits per heavy atom. The minimum Gasteiger partial charge on any atom is -0.337 e. The van der Waals surface area contributed by atoms with Crippen LogP contribution < -0.4 is 25.5 Å². The Balaban J connectivity index is 1.32. The van der Waals surface area contributed by atoms with Crippen molar-refractivity contribution in [2.24, 2.45) is 0 Å². The van der Waals surface area contributed by atoms with Gasteiger partial charge in [0.15, 0.2) is 0 Å². The van der Waals surface area contributed by atoms with E-state index in [0.717, 1.165) is 6.54 Å². The van der Waals surface area contributed by atoms with Gasteiger partial charge in [0.05, 0.1) is 5.69 Å². The van der Waals surface area contributed by atoms with Crippen molar-refractivity contribution in [3.05, 3.63) is 140 Å². The molecule has 0 bridgehead atoms.